The van der Waals surface area contributed by atoms with Crippen molar-refractivity contribution in [2.24, 2.45) is 11.8 Å². The number of carbonyl (C=O) groups is 4. The lowest BCUT2D eigenvalue weighted by Crippen LogP contribution is -2.66. The van der Waals surface area contributed by atoms with Gasteiger partial charge in [0.25, 0.3) is 0 Å². The van der Waals surface area contributed by atoms with Gasteiger partial charge >= 0.3 is 6.03 Å². The van der Waals surface area contributed by atoms with Gasteiger partial charge in [-0.1, -0.05) is 42.7 Å². The van der Waals surface area contributed by atoms with Crippen LogP contribution in [0.1, 0.15) is 69.9 Å². The zero-order chi connectivity index (χ0) is 27.0. The van der Waals surface area contributed by atoms with E-state index in [1.165, 1.54) is 5.01 Å². The first kappa shape index (κ1) is 26.5. The van der Waals surface area contributed by atoms with Crippen molar-refractivity contribution in [1.82, 2.24) is 30.9 Å². The fourth-order valence-electron chi connectivity index (χ4n) is 6.42. The molecule has 5 rings (SSSR count). The number of hydrogen-bond acceptors (Lipinski definition) is 5. The van der Waals surface area contributed by atoms with Crippen LogP contribution in [0.4, 0.5) is 4.79 Å². The molecule has 1 aromatic rings. The summed E-state index contributed by atoms with van der Waals surface area (Å²) in [6.07, 6.45) is 5.01. The highest BCUT2D eigenvalue weighted by atomic mass is 16.2. The largest absolute Gasteiger partial charge is 0.354 e. The van der Waals surface area contributed by atoms with Crippen LogP contribution in [0.5, 0.6) is 0 Å². The molecule has 1 aromatic carbocycles. The normalized spacial score (nSPS) is 27.5. The molecule has 2 saturated heterocycles. The highest BCUT2D eigenvalue weighted by Gasteiger charge is 2.56. The zero-order valence-electron chi connectivity index (χ0n) is 22.6. The Labute approximate surface area is 224 Å². The monoisotopic (exact) mass is 524 g/mol. The Balaban J connectivity index is 1.38. The summed E-state index contributed by atoms with van der Waals surface area (Å²) in [7, 11) is 0. The Morgan fingerprint density at radius 2 is 1.76 bits per heavy atom. The van der Waals surface area contributed by atoms with E-state index in [1.807, 2.05) is 45.0 Å². The number of nitrogens with one attached hydrogen (secondary N) is 3. The molecule has 4 aliphatic rings. The predicted molar refractivity (Wildman–Crippen MR) is 141 cm³/mol. The number of hydrogen-bond donors (Lipinski definition) is 3. The summed E-state index contributed by atoms with van der Waals surface area (Å²) in [5, 5.41) is 7.37. The molecular weight excluding hydrogens is 484 g/mol. The second-order valence-electron chi connectivity index (χ2n) is 11.6. The number of urea groups is 1. The van der Waals surface area contributed by atoms with E-state index in [9.17, 15) is 19.2 Å². The average Bonchev–Trinajstić information content (AvgIpc) is 3.50. The van der Waals surface area contributed by atoms with Crippen LogP contribution in [0.25, 0.3) is 0 Å². The number of aryl methyl sites for hydroxylation is 1. The molecule has 2 aliphatic carbocycles. The Kier molecular flexibility index (Phi) is 7.61. The number of hydrazine groups is 1. The first-order valence-corrected chi connectivity index (χ1v) is 14.0. The standard InChI is InChI=1S/C28H40N6O4/c1-17(2)29-25(36)20-12-13-22-23(14-20)34-27(32(26(22)37)15-19-10-8-18(3)9-11-19)31-33(28(34)38)16-24(35)30-21-6-4-5-7-21/h8-11,17,20-23,27,31H,4-7,12-16H2,1-3H3,(H,29,36)(H,30,35). The molecule has 4 unspecified atom stereocenters. The number of carbonyl (C=O) groups excluding carboxylic acids is 4. The number of nitrogens with zero attached hydrogens (tertiary/aromatic N) is 3. The SMILES string of the molecule is Cc1ccc(CN2C(=O)C3CCC(C(=O)NC(C)C)CC3N3C(=O)N(CC(=O)NC4CCCC4)NC23)cc1. The van der Waals surface area contributed by atoms with Gasteiger partial charge in [-0.25, -0.2) is 9.80 Å². The minimum Gasteiger partial charge on any atom is -0.354 e. The van der Waals surface area contributed by atoms with E-state index < -0.39 is 12.3 Å². The summed E-state index contributed by atoms with van der Waals surface area (Å²) in [5.41, 5.74) is 5.28. The summed E-state index contributed by atoms with van der Waals surface area (Å²) >= 11 is 0. The molecule has 5 amide bonds. The Morgan fingerprint density at radius 1 is 1.05 bits per heavy atom. The van der Waals surface area contributed by atoms with Crippen LogP contribution in [0.15, 0.2) is 24.3 Å². The van der Waals surface area contributed by atoms with Crippen LogP contribution in [-0.4, -0.2) is 69.5 Å². The second-order valence-corrected chi connectivity index (χ2v) is 11.6. The lowest BCUT2D eigenvalue weighted by atomic mass is 9.75. The van der Waals surface area contributed by atoms with Crippen LogP contribution in [-0.2, 0) is 20.9 Å². The molecule has 206 valence electrons. The maximum absolute atomic E-state index is 13.8. The number of fused-ring (bicyclic) bond motifs is 3. The third-order valence-corrected chi connectivity index (χ3v) is 8.35. The molecule has 38 heavy (non-hydrogen) atoms. The lowest BCUT2D eigenvalue weighted by Gasteiger charge is -2.49. The molecular formula is C28H40N6O4. The summed E-state index contributed by atoms with van der Waals surface area (Å²) in [6, 6.07) is 7.47. The maximum Gasteiger partial charge on any atom is 0.337 e. The lowest BCUT2D eigenvalue weighted by molar-refractivity contribution is -0.159. The Bertz CT molecular complexity index is 1070. The van der Waals surface area contributed by atoms with Crippen molar-refractivity contribution in [3.8, 4) is 0 Å². The minimum atomic E-state index is -0.705. The molecule has 3 N–H and O–H groups in total. The number of amides is 5. The van der Waals surface area contributed by atoms with Crippen LogP contribution in [0.2, 0.25) is 0 Å². The Morgan fingerprint density at radius 3 is 2.45 bits per heavy atom. The van der Waals surface area contributed by atoms with Crippen LogP contribution < -0.4 is 16.1 Å². The highest BCUT2D eigenvalue weighted by molar-refractivity contribution is 5.89. The fraction of sp³-hybridized carbons (Fsp3) is 0.643. The molecule has 0 radical (unpaired) electrons. The van der Waals surface area contributed by atoms with Gasteiger partial charge in [0.2, 0.25) is 17.7 Å². The van der Waals surface area contributed by atoms with Crippen LogP contribution in [0.3, 0.4) is 0 Å². The van der Waals surface area contributed by atoms with Gasteiger partial charge in [0.15, 0.2) is 6.29 Å². The molecule has 10 heteroatoms. The highest BCUT2D eigenvalue weighted by Crippen LogP contribution is 2.41. The van der Waals surface area contributed by atoms with Gasteiger partial charge in [-0.15, -0.1) is 0 Å². The first-order chi connectivity index (χ1) is 18.2. The first-order valence-electron chi connectivity index (χ1n) is 14.0. The van der Waals surface area contributed by atoms with Crippen molar-refractivity contribution in [1.29, 1.82) is 0 Å². The minimum absolute atomic E-state index is 0.0166. The van der Waals surface area contributed by atoms with Crippen molar-refractivity contribution in [2.75, 3.05) is 6.54 Å². The molecule has 2 aliphatic heterocycles. The molecule has 0 bridgehead atoms. The molecule has 10 nitrogen and oxygen atoms in total. The van der Waals surface area contributed by atoms with Crippen molar-refractivity contribution in [2.45, 2.75) is 96.7 Å². The topological polar surface area (TPSA) is 114 Å². The van der Waals surface area contributed by atoms with Gasteiger partial charge in [0.1, 0.15) is 6.54 Å². The molecule has 0 aromatic heterocycles. The van der Waals surface area contributed by atoms with E-state index in [4.69, 9.17) is 0 Å². The quantitative estimate of drug-likeness (QED) is 0.506. The summed E-state index contributed by atoms with van der Waals surface area (Å²) in [4.78, 5) is 56.7. The van der Waals surface area contributed by atoms with Crippen LogP contribution >= 0.6 is 0 Å². The Hall–Kier alpha value is -3.14. The van der Waals surface area contributed by atoms with Gasteiger partial charge < -0.3 is 15.5 Å². The van der Waals surface area contributed by atoms with Crippen molar-refractivity contribution >= 4 is 23.8 Å². The zero-order valence-corrected chi connectivity index (χ0v) is 22.6. The van der Waals surface area contributed by atoms with Gasteiger partial charge in [-0.2, -0.15) is 5.43 Å². The van der Waals surface area contributed by atoms with Crippen LogP contribution in [0, 0.1) is 18.8 Å². The van der Waals surface area contributed by atoms with E-state index in [-0.39, 0.29) is 54.2 Å². The van der Waals surface area contributed by atoms with E-state index >= 15 is 0 Å². The predicted octanol–water partition coefficient (Wildman–Crippen LogP) is 2.23. The van der Waals surface area contributed by atoms with Crippen molar-refractivity contribution in [3.05, 3.63) is 35.4 Å². The summed E-state index contributed by atoms with van der Waals surface area (Å²) in [5.74, 6) is -0.890. The molecule has 4 fully saturated rings. The van der Waals surface area contributed by atoms with Gasteiger partial charge in [0, 0.05) is 30.6 Å². The van der Waals surface area contributed by atoms with Gasteiger partial charge in [-0.3, -0.25) is 19.3 Å². The molecule has 0 spiro atoms. The van der Waals surface area contributed by atoms with E-state index in [0.717, 1.165) is 36.8 Å². The molecule has 4 atom stereocenters. The average molecular weight is 525 g/mol. The second kappa shape index (κ2) is 10.9. The van der Waals surface area contributed by atoms with Gasteiger partial charge in [0.05, 0.1) is 5.92 Å². The summed E-state index contributed by atoms with van der Waals surface area (Å²) in [6.45, 7) is 6.10. The third kappa shape index (κ3) is 5.36. The smallest absolute Gasteiger partial charge is 0.337 e. The van der Waals surface area contributed by atoms with Crippen molar-refractivity contribution in [3.63, 3.8) is 0 Å². The molecule has 2 heterocycles. The molecule has 2 saturated carbocycles. The fourth-order valence-corrected chi connectivity index (χ4v) is 6.42. The third-order valence-electron chi connectivity index (χ3n) is 8.35. The number of benzene rings is 1. The van der Waals surface area contributed by atoms with Crippen molar-refractivity contribution < 1.29 is 19.2 Å². The number of rotatable bonds is 7. The summed E-state index contributed by atoms with van der Waals surface area (Å²) < 4.78 is 0. The maximum atomic E-state index is 13.8. The van der Waals surface area contributed by atoms with E-state index in [0.29, 0.717) is 25.8 Å². The van der Waals surface area contributed by atoms with E-state index in [2.05, 4.69) is 16.1 Å². The van der Waals surface area contributed by atoms with Gasteiger partial charge in [-0.05, 0) is 58.4 Å². The van der Waals surface area contributed by atoms with E-state index in [1.54, 1.807) is 9.80 Å².